The molecule has 1 aromatic heterocycles. The van der Waals surface area contributed by atoms with Crippen molar-refractivity contribution < 1.29 is 9.90 Å². The lowest BCUT2D eigenvalue weighted by molar-refractivity contribution is 0.249. The molecule has 2 aromatic rings. The van der Waals surface area contributed by atoms with Crippen LogP contribution in [0.1, 0.15) is 24.5 Å². The summed E-state index contributed by atoms with van der Waals surface area (Å²) >= 11 is 0. The first-order valence-corrected chi connectivity index (χ1v) is 7.16. The number of hydrazone groups is 1. The van der Waals surface area contributed by atoms with E-state index >= 15 is 0 Å². The van der Waals surface area contributed by atoms with Gasteiger partial charge in [0.05, 0.1) is 12.3 Å². The van der Waals surface area contributed by atoms with Gasteiger partial charge in [-0.3, -0.25) is 14.3 Å². The number of hydrogen-bond acceptors (Lipinski definition) is 5. The molecule has 0 aliphatic heterocycles. The maximum atomic E-state index is 12.1. The molecule has 0 saturated carbocycles. The fraction of sp³-hybridized carbons (Fsp3) is 0.200. The minimum absolute atomic E-state index is 0.0650. The van der Waals surface area contributed by atoms with Gasteiger partial charge in [0.25, 0.3) is 5.56 Å². The number of aromatic amines is 1. The van der Waals surface area contributed by atoms with Gasteiger partial charge in [-0.15, -0.1) is 0 Å². The van der Waals surface area contributed by atoms with Crippen LogP contribution in [0.5, 0.6) is 5.88 Å². The lowest BCUT2D eigenvalue weighted by Gasteiger charge is -2.12. The molecule has 0 fully saturated rings. The number of amides is 2. The van der Waals surface area contributed by atoms with E-state index in [1.165, 1.54) is 0 Å². The highest BCUT2D eigenvalue weighted by molar-refractivity contribution is 6.02. The Kier molecular flexibility index (Phi) is 5.15. The van der Waals surface area contributed by atoms with Crippen molar-refractivity contribution in [1.82, 2.24) is 15.0 Å². The summed E-state index contributed by atoms with van der Waals surface area (Å²) in [6.45, 7) is 1.74. The predicted octanol–water partition coefficient (Wildman–Crippen LogP) is 0.0729. The Morgan fingerprint density at radius 1 is 1.33 bits per heavy atom. The molecule has 0 atom stereocenters. The zero-order chi connectivity index (χ0) is 17.7. The van der Waals surface area contributed by atoms with Crippen LogP contribution < -0.4 is 22.4 Å². The topological polar surface area (TPSA) is 143 Å². The Labute approximate surface area is 136 Å². The number of carbonyl (C=O) groups is 1. The number of carbonyl (C=O) groups excluding carboxylic acids is 1. The molecule has 24 heavy (non-hydrogen) atoms. The van der Waals surface area contributed by atoms with Crippen molar-refractivity contribution in [2.75, 3.05) is 0 Å². The van der Waals surface area contributed by atoms with E-state index in [-0.39, 0.29) is 24.2 Å². The molecule has 9 nitrogen and oxygen atoms in total. The van der Waals surface area contributed by atoms with Crippen LogP contribution in [0.3, 0.4) is 0 Å². The lowest BCUT2D eigenvalue weighted by atomic mass is 10.1. The van der Waals surface area contributed by atoms with Gasteiger partial charge in [0.15, 0.2) is 0 Å². The van der Waals surface area contributed by atoms with E-state index in [1.807, 2.05) is 11.5 Å². The predicted molar refractivity (Wildman–Crippen MR) is 88.1 cm³/mol. The van der Waals surface area contributed by atoms with Crippen molar-refractivity contribution in [3.05, 3.63) is 62.3 Å². The number of hydrogen-bond donors (Lipinski definition) is 4. The van der Waals surface area contributed by atoms with Gasteiger partial charge < -0.3 is 10.8 Å². The zero-order valence-corrected chi connectivity index (χ0v) is 12.9. The molecule has 0 bridgehead atoms. The Balaban J connectivity index is 2.55. The van der Waals surface area contributed by atoms with Gasteiger partial charge in [-0.2, -0.15) is 5.10 Å². The molecule has 5 N–H and O–H groups in total. The largest absolute Gasteiger partial charge is 0.494 e. The van der Waals surface area contributed by atoms with Gasteiger partial charge >= 0.3 is 11.7 Å². The van der Waals surface area contributed by atoms with Crippen molar-refractivity contribution in [2.45, 2.75) is 19.9 Å². The van der Waals surface area contributed by atoms with Crippen LogP contribution in [0.2, 0.25) is 0 Å². The van der Waals surface area contributed by atoms with Crippen molar-refractivity contribution >= 4 is 11.7 Å². The van der Waals surface area contributed by atoms with Crippen LogP contribution in [0.15, 0.2) is 45.0 Å². The number of rotatable bonds is 5. The summed E-state index contributed by atoms with van der Waals surface area (Å²) in [6.07, 6.45) is 0.223. The summed E-state index contributed by atoms with van der Waals surface area (Å²) in [5.41, 5.74) is 6.07. The second kappa shape index (κ2) is 7.27. The minimum Gasteiger partial charge on any atom is -0.494 e. The van der Waals surface area contributed by atoms with Gasteiger partial charge in [0.1, 0.15) is 5.56 Å². The highest BCUT2D eigenvalue weighted by Crippen LogP contribution is 2.14. The molecule has 0 saturated heterocycles. The molecule has 126 valence electrons. The van der Waals surface area contributed by atoms with E-state index < -0.39 is 23.2 Å². The van der Waals surface area contributed by atoms with Crippen LogP contribution in [-0.2, 0) is 6.54 Å². The van der Waals surface area contributed by atoms with E-state index in [9.17, 15) is 19.5 Å². The maximum Gasteiger partial charge on any atom is 0.332 e. The molecule has 2 amide bonds. The van der Waals surface area contributed by atoms with E-state index in [0.29, 0.717) is 0 Å². The number of nitrogens with two attached hydrogens (primary N) is 1. The Morgan fingerprint density at radius 3 is 2.58 bits per heavy atom. The molecule has 0 spiro atoms. The fourth-order valence-corrected chi connectivity index (χ4v) is 2.17. The summed E-state index contributed by atoms with van der Waals surface area (Å²) in [6, 6.07) is 8.05. The first kappa shape index (κ1) is 17.0. The monoisotopic (exact) mass is 331 g/mol. The molecular weight excluding hydrogens is 314 g/mol. The highest BCUT2D eigenvalue weighted by Gasteiger charge is 2.18. The molecular formula is C15H17N5O4. The second-order valence-corrected chi connectivity index (χ2v) is 4.92. The van der Waals surface area contributed by atoms with Crippen molar-refractivity contribution in [1.29, 1.82) is 0 Å². The molecule has 1 heterocycles. The molecule has 0 aliphatic rings. The average molecular weight is 331 g/mol. The second-order valence-electron chi connectivity index (χ2n) is 4.92. The van der Waals surface area contributed by atoms with Gasteiger partial charge in [-0.1, -0.05) is 37.3 Å². The molecule has 9 heteroatoms. The fourth-order valence-electron chi connectivity index (χ4n) is 2.17. The number of urea groups is 1. The standard InChI is InChI=1S/C15H17N5O4/c1-2-10(18-19-14(16)23)11-12(21)17-15(24)20(13(11)22)8-9-6-4-3-5-7-9/h3-7,22H,2,8H2,1H3,(H3,16,19,23)(H,17,21,24). The molecule has 1 aromatic carbocycles. The van der Waals surface area contributed by atoms with Gasteiger partial charge in [-0.05, 0) is 12.0 Å². The summed E-state index contributed by atoms with van der Waals surface area (Å²) < 4.78 is 1.02. The zero-order valence-electron chi connectivity index (χ0n) is 12.9. The third-order valence-corrected chi connectivity index (χ3v) is 3.28. The average Bonchev–Trinajstić information content (AvgIpc) is 2.55. The number of aromatic nitrogens is 2. The number of H-pyrrole nitrogens is 1. The Bertz CT molecular complexity index is 883. The number of aromatic hydroxyl groups is 1. The van der Waals surface area contributed by atoms with E-state index in [4.69, 9.17) is 5.73 Å². The maximum absolute atomic E-state index is 12.1. The molecule has 0 unspecified atom stereocenters. The first-order valence-electron chi connectivity index (χ1n) is 7.16. The number of benzene rings is 1. The first-order chi connectivity index (χ1) is 11.4. The number of nitrogens with zero attached hydrogens (tertiary/aromatic N) is 2. The van der Waals surface area contributed by atoms with Gasteiger partial charge in [0.2, 0.25) is 5.88 Å². The smallest absolute Gasteiger partial charge is 0.332 e. The molecule has 0 radical (unpaired) electrons. The summed E-state index contributed by atoms with van der Waals surface area (Å²) in [5.74, 6) is -0.528. The SMILES string of the molecule is CCC(=NNC(N)=O)c1c(O)n(Cc2ccccc2)c(=O)[nH]c1=O. The van der Waals surface area contributed by atoms with Gasteiger partial charge in [-0.25, -0.2) is 15.0 Å². The lowest BCUT2D eigenvalue weighted by Crippen LogP contribution is -2.35. The van der Waals surface area contributed by atoms with E-state index in [2.05, 4.69) is 10.1 Å². The van der Waals surface area contributed by atoms with E-state index in [1.54, 1.807) is 31.2 Å². The molecule has 2 rings (SSSR count). The van der Waals surface area contributed by atoms with E-state index in [0.717, 1.165) is 10.1 Å². The van der Waals surface area contributed by atoms with Crippen molar-refractivity contribution in [3.63, 3.8) is 0 Å². The van der Waals surface area contributed by atoms with Crippen LogP contribution in [-0.4, -0.2) is 26.4 Å². The van der Waals surface area contributed by atoms with Crippen LogP contribution in [0.4, 0.5) is 4.79 Å². The quantitative estimate of drug-likeness (QED) is 0.454. The normalized spacial score (nSPS) is 11.3. The number of nitrogens with one attached hydrogen (secondary N) is 2. The summed E-state index contributed by atoms with van der Waals surface area (Å²) in [7, 11) is 0. The van der Waals surface area contributed by atoms with Crippen LogP contribution >= 0.6 is 0 Å². The molecule has 0 aliphatic carbocycles. The number of primary amides is 1. The minimum atomic E-state index is -0.908. The van der Waals surface area contributed by atoms with Crippen molar-refractivity contribution in [2.24, 2.45) is 10.8 Å². The van der Waals surface area contributed by atoms with Crippen molar-refractivity contribution in [3.8, 4) is 5.88 Å². The third kappa shape index (κ3) is 3.69. The van der Waals surface area contributed by atoms with Crippen LogP contribution in [0.25, 0.3) is 0 Å². The van der Waals surface area contributed by atoms with Gasteiger partial charge in [0, 0.05) is 0 Å². The Morgan fingerprint density at radius 2 is 2.00 bits per heavy atom. The van der Waals surface area contributed by atoms with Crippen LogP contribution in [0, 0.1) is 0 Å². The summed E-state index contributed by atoms with van der Waals surface area (Å²) in [4.78, 5) is 37.0. The highest BCUT2D eigenvalue weighted by atomic mass is 16.3. The third-order valence-electron chi connectivity index (χ3n) is 3.28. The summed E-state index contributed by atoms with van der Waals surface area (Å²) in [5, 5.41) is 14.1. The Hall–Kier alpha value is -3.36.